The number of rotatable bonds is 7. The molecule has 184 valence electrons. The number of benzene rings is 2. The number of imide groups is 1. The first kappa shape index (κ1) is 26.3. The highest BCUT2D eigenvalue weighted by atomic mass is 35.5. The molecule has 3 amide bonds. The Morgan fingerprint density at radius 3 is 2.60 bits per heavy atom. The number of hydrogen-bond acceptors (Lipinski definition) is 6. The summed E-state index contributed by atoms with van der Waals surface area (Å²) in [4.78, 5) is 50.0. The van der Waals surface area contributed by atoms with Crippen LogP contribution in [0.15, 0.2) is 47.4 Å². The molecule has 1 heterocycles. The van der Waals surface area contributed by atoms with Crippen molar-refractivity contribution in [1.29, 1.82) is 0 Å². The molecule has 7 nitrogen and oxygen atoms in total. The molecule has 0 aromatic heterocycles. The number of ether oxygens (including phenoxy) is 1. The molecule has 0 aliphatic carbocycles. The molecule has 1 aliphatic heterocycles. The quantitative estimate of drug-likeness (QED) is 0.373. The van der Waals surface area contributed by atoms with Crippen LogP contribution < -0.4 is 5.32 Å². The zero-order chi connectivity index (χ0) is 25.8. The van der Waals surface area contributed by atoms with Crippen LogP contribution in [-0.2, 0) is 20.5 Å². The predicted molar refractivity (Wildman–Crippen MR) is 125 cm³/mol. The summed E-state index contributed by atoms with van der Waals surface area (Å²) >= 11 is 6.53. The molecule has 12 heteroatoms. The van der Waals surface area contributed by atoms with Gasteiger partial charge in [-0.2, -0.15) is 13.2 Å². The molecule has 1 aliphatic rings. The van der Waals surface area contributed by atoms with Crippen molar-refractivity contribution < 1.29 is 37.1 Å². The molecule has 1 fully saturated rings. The van der Waals surface area contributed by atoms with Crippen LogP contribution in [0.4, 0.5) is 23.7 Å². The van der Waals surface area contributed by atoms with Gasteiger partial charge in [0.05, 0.1) is 27.7 Å². The summed E-state index contributed by atoms with van der Waals surface area (Å²) in [5.74, 6) is -2.21. The predicted octanol–water partition coefficient (Wildman–Crippen LogP) is 5.60. The summed E-state index contributed by atoms with van der Waals surface area (Å²) in [6.45, 7) is 1.38. The van der Waals surface area contributed by atoms with Crippen LogP contribution in [0.1, 0.15) is 34.8 Å². The number of carbonyl (C=O) groups excluding carboxylic acids is 4. The number of halogens is 4. The van der Waals surface area contributed by atoms with Gasteiger partial charge in [0.25, 0.3) is 11.1 Å². The number of carbonyl (C=O) groups is 4. The third kappa shape index (κ3) is 6.64. The fraction of sp³-hybridized carbons (Fsp3) is 0.217. The summed E-state index contributed by atoms with van der Waals surface area (Å²) in [5, 5.41) is 1.85. The van der Waals surface area contributed by atoms with Gasteiger partial charge in [0.2, 0.25) is 5.91 Å². The molecular weight excluding hydrogens is 509 g/mol. The Hall–Kier alpha value is -3.31. The third-order valence-electron chi connectivity index (χ3n) is 4.59. The minimum absolute atomic E-state index is 0.0353. The van der Waals surface area contributed by atoms with Crippen LogP contribution in [0.2, 0.25) is 5.02 Å². The average molecular weight is 527 g/mol. The summed E-state index contributed by atoms with van der Waals surface area (Å²) < 4.78 is 43.8. The third-order valence-corrected chi connectivity index (χ3v) is 5.83. The van der Waals surface area contributed by atoms with Gasteiger partial charge in [-0.15, -0.1) is 0 Å². The minimum atomic E-state index is -4.56. The molecule has 35 heavy (non-hydrogen) atoms. The first-order chi connectivity index (χ1) is 16.5. The van der Waals surface area contributed by atoms with Gasteiger partial charge in [-0.25, -0.2) is 4.79 Å². The second kappa shape index (κ2) is 11.0. The summed E-state index contributed by atoms with van der Waals surface area (Å²) in [7, 11) is 0. The van der Waals surface area contributed by atoms with E-state index in [9.17, 15) is 32.3 Å². The van der Waals surface area contributed by atoms with Crippen molar-refractivity contribution >= 4 is 58.1 Å². The van der Waals surface area contributed by atoms with Crippen LogP contribution in [0, 0.1) is 0 Å². The fourth-order valence-corrected chi connectivity index (χ4v) is 4.00. The summed E-state index contributed by atoms with van der Waals surface area (Å²) in [5.41, 5.74) is -0.591. The normalized spacial score (nSPS) is 15.0. The smallest absolute Gasteiger partial charge is 0.416 e. The topological polar surface area (TPSA) is 92.8 Å². The SMILES string of the molecule is CCCOC(=O)c1cc(NC(=O)CN2C(=O)S/C(=C/c3cccc(C(F)(F)F)c3)C2=O)ccc1Cl. The lowest BCUT2D eigenvalue weighted by atomic mass is 10.1. The largest absolute Gasteiger partial charge is 0.462 e. The van der Waals surface area contributed by atoms with Crippen molar-refractivity contribution in [3.05, 3.63) is 69.1 Å². The molecule has 0 bridgehead atoms. The first-order valence-corrected chi connectivity index (χ1v) is 11.4. The van der Waals surface area contributed by atoms with E-state index in [1.54, 1.807) is 0 Å². The van der Waals surface area contributed by atoms with Gasteiger partial charge in [-0.05, 0) is 60.2 Å². The maximum atomic E-state index is 12.9. The molecule has 3 rings (SSSR count). The lowest BCUT2D eigenvalue weighted by molar-refractivity contribution is -0.137. The Bertz CT molecular complexity index is 1220. The Morgan fingerprint density at radius 1 is 1.17 bits per heavy atom. The van der Waals surface area contributed by atoms with Gasteiger partial charge in [0.15, 0.2) is 0 Å². The van der Waals surface area contributed by atoms with Crippen molar-refractivity contribution in [2.75, 3.05) is 18.5 Å². The molecule has 0 atom stereocenters. The maximum Gasteiger partial charge on any atom is 0.416 e. The van der Waals surface area contributed by atoms with E-state index in [2.05, 4.69) is 5.32 Å². The van der Waals surface area contributed by atoms with Crippen LogP contribution in [0.25, 0.3) is 6.08 Å². The second-order valence-electron chi connectivity index (χ2n) is 7.27. The Kier molecular flexibility index (Phi) is 8.23. The van der Waals surface area contributed by atoms with E-state index in [1.807, 2.05) is 6.92 Å². The lowest BCUT2D eigenvalue weighted by Crippen LogP contribution is -2.36. The van der Waals surface area contributed by atoms with Crippen molar-refractivity contribution in [2.45, 2.75) is 19.5 Å². The second-order valence-corrected chi connectivity index (χ2v) is 8.67. The average Bonchev–Trinajstić information content (AvgIpc) is 3.05. The maximum absolute atomic E-state index is 12.9. The lowest BCUT2D eigenvalue weighted by Gasteiger charge is -2.13. The van der Waals surface area contributed by atoms with E-state index in [0.29, 0.717) is 23.1 Å². The number of thioether (sulfide) groups is 1. The fourth-order valence-electron chi connectivity index (χ4n) is 2.97. The van der Waals surface area contributed by atoms with Crippen molar-refractivity contribution in [3.63, 3.8) is 0 Å². The van der Waals surface area contributed by atoms with E-state index >= 15 is 0 Å². The highest BCUT2D eigenvalue weighted by Crippen LogP contribution is 2.34. The van der Waals surface area contributed by atoms with Crippen molar-refractivity contribution in [1.82, 2.24) is 4.90 Å². The van der Waals surface area contributed by atoms with E-state index in [0.717, 1.165) is 18.2 Å². The number of amides is 3. The van der Waals surface area contributed by atoms with E-state index in [4.69, 9.17) is 16.3 Å². The molecule has 1 saturated heterocycles. The molecular formula is C23H18ClF3N2O5S. The van der Waals surface area contributed by atoms with E-state index < -0.39 is 41.3 Å². The van der Waals surface area contributed by atoms with Crippen LogP contribution in [-0.4, -0.2) is 41.1 Å². The molecule has 0 spiro atoms. The number of nitrogens with one attached hydrogen (secondary N) is 1. The zero-order valence-electron chi connectivity index (χ0n) is 18.1. The molecule has 0 saturated carbocycles. The number of alkyl halides is 3. The van der Waals surface area contributed by atoms with Gasteiger partial charge in [0.1, 0.15) is 6.54 Å². The highest BCUT2D eigenvalue weighted by molar-refractivity contribution is 8.18. The Morgan fingerprint density at radius 2 is 1.91 bits per heavy atom. The molecule has 1 N–H and O–H groups in total. The number of hydrogen-bond donors (Lipinski definition) is 1. The Balaban J connectivity index is 1.70. The van der Waals surface area contributed by atoms with Crippen LogP contribution in [0.3, 0.4) is 0 Å². The molecule has 0 radical (unpaired) electrons. The van der Waals surface area contributed by atoms with Crippen molar-refractivity contribution in [2.24, 2.45) is 0 Å². The number of esters is 1. The highest BCUT2D eigenvalue weighted by Gasteiger charge is 2.36. The molecule has 0 unspecified atom stereocenters. The van der Waals surface area contributed by atoms with Gasteiger partial charge in [0, 0.05) is 5.69 Å². The first-order valence-electron chi connectivity index (χ1n) is 10.2. The number of nitrogens with zero attached hydrogens (tertiary/aromatic N) is 1. The zero-order valence-corrected chi connectivity index (χ0v) is 19.7. The number of anilines is 1. The van der Waals surface area contributed by atoms with Gasteiger partial charge < -0.3 is 10.1 Å². The van der Waals surface area contributed by atoms with E-state index in [1.165, 1.54) is 30.3 Å². The van der Waals surface area contributed by atoms with Gasteiger partial charge >= 0.3 is 12.1 Å². The van der Waals surface area contributed by atoms with Crippen LogP contribution >= 0.6 is 23.4 Å². The minimum Gasteiger partial charge on any atom is -0.462 e. The summed E-state index contributed by atoms with van der Waals surface area (Å²) in [6.07, 6.45) is -2.79. The Labute approximate surface area is 207 Å². The van der Waals surface area contributed by atoms with Crippen LogP contribution in [0.5, 0.6) is 0 Å². The molecule has 2 aromatic rings. The monoisotopic (exact) mass is 526 g/mol. The summed E-state index contributed by atoms with van der Waals surface area (Å²) in [6, 6.07) is 8.41. The van der Waals surface area contributed by atoms with Gasteiger partial charge in [-0.3, -0.25) is 19.3 Å². The standard InChI is InChI=1S/C23H18ClF3N2O5S/c1-2-8-34-21(32)16-11-15(6-7-17(16)24)28-19(30)12-29-20(31)18(35-22(29)33)10-13-4-3-5-14(9-13)23(25,26)27/h3-7,9-11H,2,8,12H2,1H3,(H,28,30)/b18-10+. The van der Waals surface area contributed by atoms with Gasteiger partial charge in [-0.1, -0.05) is 30.7 Å². The van der Waals surface area contributed by atoms with E-state index in [-0.39, 0.29) is 33.3 Å². The molecule has 2 aromatic carbocycles. The van der Waals surface area contributed by atoms with Crippen molar-refractivity contribution in [3.8, 4) is 0 Å².